The zero-order chi connectivity index (χ0) is 19.9. The van der Waals surface area contributed by atoms with Crippen molar-refractivity contribution in [2.45, 2.75) is 47.0 Å². The van der Waals surface area contributed by atoms with Crippen LogP contribution >= 0.6 is 0 Å². The molecule has 0 radical (unpaired) electrons. The molecule has 0 spiro atoms. The van der Waals surface area contributed by atoms with E-state index >= 15 is 0 Å². The van der Waals surface area contributed by atoms with Crippen LogP contribution in [0.4, 0.5) is 5.69 Å². The third-order valence-electron chi connectivity index (χ3n) is 7.34. The summed E-state index contributed by atoms with van der Waals surface area (Å²) in [4.78, 5) is 5.06. The van der Waals surface area contributed by atoms with E-state index in [-0.39, 0.29) is 10.8 Å². The molecule has 28 heavy (non-hydrogen) atoms. The van der Waals surface area contributed by atoms with E-state index in [9.17, 15) is 0 Å². The van der Waals surface area contributed by atoms with Crippen LogP contribution in [0.3, 0.4) is 0 Å². The summed E-state index contributed by atoms with van der Waals surface area (Å²) in [7, 11) is 0. The Morgan fingerprint density at radius 1 is 1.21 bits per heavy atom. The molecule has 4 rings (SSSR count). The molecule has 1 aromatic heterocycles. The van der Waals surface area contributed by atoms with Crippen LogP contribution in [0.25, 0.3) is 5.57 Å². The summed E-state index contributed by atoms with van der Waals surface area (Å²) in [6.07, 6.45) is 10.4. The second kappa shape index (κ2) is 6.92. The van der Waals surface area contributed by atoms with Crippen LogP contribution in [0.5, 0.6) is 0 Å². The third kappa shape index (κ3) is 2.73. The SMILES string of the molecule is CC/C=C1/c2cccc(n2)CC2C=CC2(Cc2cccc(N)c2)C1(C)C(C)C. The minimum absolute atomic E-state index is 0.000919. The smallest absolute Gasteiger partial charge is 0.0667 e. The first-order valence-corrected chi connectivity index (χ1v) is 10.6. The molecule has 0 saturated heterocycles. The molecular formula is C26H32N2. The first-order chi connectivity index (χ1) is 13.4. The van der Waals surface area contributed by atoms with Gasteiger partial charge in [-0.2, -0.15) is 0 Å². The van der Waals surface area contributed by atoms with Crippen molar-refractivity contribution in [1.29, 1.82) is 0 Å². The summed E-state index contributed by atoms with van der Waals surface area (Å²) in [6.45, 7) is 9.45. The standard InChI is InChI=1S/C26H32N2/c1-5-8-23-24-12-7-11-22(28-24)16-20-13-14-26(20,25(23,4)18(2)3)17-19-9-6-10-21(27)15-19/h6-15,18,20H,5,16-17,27H2,1-4H3/b23-8-. The van der Waals surface area contributed by atoms with E-state index in [1.165, 1.54) is 16.8 Å². The largest absolute Gasteiger partial charge is 0.399 e. The highest BCUT2D eigenvalue weighted by atomic mass is 14.8. The minimum Gasteiger partial charge on any atom is -0.399 e. The van der Waals surface area contributed by atoms with Crippen molar-refractivity contribution in [3.05, 3.63) is 77.6 Å². The summed E-state index contributed by atoms with van der Waals surface area (Å²) in [5.41, 5.74) is 12.1. The van der Waals surface area contributed by atoms with Gasteiger partial charge in [0.05, 0.1) is 5.69 Å². The van der Waals surface area contributed by atoms with Crippen molar-refractivity contribution in [1.82, 2.24) is 4.98 Å². The molecule has 2 bridgehead atoms. The zero-order valence-corrected chi connectivity index (χ0v) is 17.6. The van der Waals surface area contributed by atoms with Crippen LogP contribution < -0.4 is 5.73 Å². The van der Waals surface area contributed by atoms with Gasteiger partial charge in [0.2, 0.25) is 0 Å². The highest BCUT2D eigenvalue weighted by Gasteiger charge is 2.58. The van der Waals surface area contributed by atoms with Gasteiger partial charge in [0.15, 0.2) is 0 Å². The Labute approximate surface area is 169 Å². The number of nitrogen functional groups attached to an aromatic ring is 1. The van der Waals surface area contributed by atoms with Gasteiger partial charge in [0.1, 0.15) is 0 Å². The van der Waals surface area contributed by atoms with E-state index in [0.29, 0.717) is 11.8 Å². The number of pyridine rings is 1. The van der Waals surface area contributed by atoms with E-state index in [0.717, 1.165) is 30.6 Å². The Morgan fingerprint density at radius 3 is 2.64 bits per heavy atom. The predicted octanol–water partition coefficient (Wildman–Crippen LogP) is 6.09. The van der Waals surface area contributed by atoms with Crippen LogP contribution in [-0.2, 0) is 12.8 Å². The predicted molar refractivity (Wildman–Crippen MR) is 119 cm³/mol. The quantitative estimate of drug-likeness (QED) is 0.521. The number of nitrogens with zero attached hydrogens (tertiary/aromatic N) is 1. The second-order valence-corrected chi connectivity index (χ2v) is 9.03. The maximum absolute atomic E-state index is 6.13. The van der Waals surface area contributed by atoms with E-state index in [2.05, 4.69) is 82.3 Å². The van der Waals surface area contributed by atoms with Crippen molar-refractivity contribution >= 4 is 11.3 Å². The van der Waals surface area contributed by atoms with Crippen LogP contribution in [0.1, 0.15) is 51.1 Å². The molecule has 1 aliphatic carbocycles. The summed E-state index contributed by atoms with van der Waals surface area (Å²) < 4.78 is 0. The van der Waals surface area contributed by atoms with Crippen molar-refractivity contribution in [3.63, 3.8) is 0 Å². The van der Waals surface area contributed by atoms with Crippen molar-refractivity contribution < 1.29 is 0 Å². The Morgan fingerprint density at radius 2 is 2.00 bits per heavy atom. The lowest BCUT2D eigenvalue weighted by molar-refractivity contribution is 0.0414. The Hall–Kier alpha value is -2.35. The van der Waals surface area contributed by atoms with Crippen molar-refractivity contribution in [3.8, 4) is 0 Å². The number of hydrogen-bond acceptors (Lipinski definition) is 2. The lowest BCUT2D eigenvalue weighted by Gasteiger charge is -2.59. The summed E-state index contributed by atoms with van der Waals surface area (Å²) in [6, 6.07) is 15.0. The van der Waals surface area contributed by atoms with Gasteiger partial charge in [-0.25, -0.2) is 0 Å². The number of anilines is 1. The molecule has 3 atom stereocenters. The average molecular weight is 373 g/mol. The van der Waals surface area contributed by atoms with Crippen LogP contribution in [0, 0.1) is 22.7 Å². The van der Waals surface area contributed by atoms with E-state index in [1.54, 1.807) is 0 Å². The second-order valence-electron chi connectivity index (χ2n) is 9.03. The molecule has 2 aromatic rings. The fourth-order valence-electron chi connectivity index (χ4n) is 5.54. The molecule has 0 saturated carbocycles. The Kier molecular flexibility index (Phi) is 4.69. The zero-order valence-electron chi connectivity index (χ0n) is 17.6. The number of nitrogens with two attached hydrogens (primary N) is 1. The molecule has 3 unspecified atom stereocenters. The fraction of sp³-hybridized carbons (Fsp3) is 0.423. The van der Waals surface area contributed by atoms with Gasteiger partial charge in [-0.15, -0.1) is 0 Å². The van der Waals surface area contributed by atoms with Crippen LogP contribution in [-0.4, -0.2) is 4.98 Å². The summed E-state index contributed by atoms with van der Waals surface area (Å²) in [5, 5.41) is 0. The van der Waals surface area contributed by atoms with Gasteiger partial charge in [-0.05, 0) is 66.5 Å². The normalized spacial score (nSPS) is 29.9. The van der Waals surface area contributed by atoms with E-state index in [1.807, 2.05) is 6.07 Å². The first-order valence-electron chi connectivity index (χ1n) is 10.6. The van der Waals surface area contributed by atoms with E-state index < -0.39 is 0 Å². The number of aromatic nitrogens is 1. The molecule has 2 heteroatoms. The molecule has 2 aliphatic rings. The molecular weight excluding hydrogens is 340 g/mol. The van der Waals surface area contributed by atoms with Gasteiger partial charge in [-0.3, -0.25) is 4.98 Å². The lowest BCUT2D eigenvalue weighted by atomic mass is 9.44. The highest BCUT2D eigenvalue weighted by molar-refractivity contribution is 5.71. The number of allylic oxidation sites excluding steroid dienone is 4. The summed E-state index contributed by atoms with van der Waals surface area (Å²) in [5.74, 6) is 0.979. The molecule has 0 fully saturated rings. The molecule has 0 amide bonds. The van der Waals surface area contributed by atoms with Crippen molar-refractivity contribution in [2.24, 2.45) is 22.7 Å². The van der Waals surface area contributed by atoms with Gasteiger partial charge in [0.25, 0.3) is 0 Å². The van der Waals surface area contributed by atoms with Gasteiger partial charge < -0.3 is 5.73 Å². The number of rotatable bonds is 4. The van der Waals surface area contributed by atoms with E-state index in [4.69, 9.17) is 10.7 Å². The van der Waals surface area contributed by atoms with Crippen LogP contribution in [0.15, 0.2) is 60.7 Å². The lowest BCUT2D eigenvalue weighted by Crippen LogP contribution is -2.54. The molecule has 2 heterocycles. The Bertz CT molecular complexity index is 939. The minimum atomic E-state index is -0.000919. The van der Waals surface area contributed by atoms with Crippen LogP contribution in [0.2, 0.25) is 0 Å². The molecule has 146 valence electrons. The monoisotopic (exact) mass is 372 g/mol. The topological polar surface area (TPSA) is 38.9 Å². The molecule has 2 N–H and O–H groups in total. The van der Waals surface area contributed by atoms with Gasteiger partial charge in [-0.1, -0.05) is 64.1 Å². The maximum Gasteiger partial charge on any atom is 0.0667 e. The fourth-order valence-corrected chi connectivity index (χ4v) is 5.54. The summed E-state index contributed by atoms with van der Waals surface area (Å²) >= 11 is 0. The van der Waals surface area contributed by atoms with Gasteiger partial charge in [0, 0.05) is 22.2 Å². The first kappa shape index (κ1) is 19.0. The number of hydrogen-bond donors (Lipinski definition) is 1. The highest BCUT2D eigenvalue weighted by Crippen LogP contribution is 2.64. The molecule has 1 aromatic carbocycles. The maximum atomic E-state index is 6.13. The Balaban J connectivity index is 1.93. The molecule has 1 aliphatic heterocycles. The third-order valence-corrected chi connectivity index (χ3v) is 7.34. The van der Waals surface area contributed by atoms with Gasteiger partial charge >= 0.3 is 0 Å². The average Bonchev–Trinajstić information content (AvgIpc) is 2.66. The number of benzene rings is 1. The van der Waals surface area contributed by atoms with Crippen molar-refractivity contribution in [2.75, 3.05) is 5.73 Å². The molecule has 2 nitrogen and oxygen atoms in total. The number of fused-ring (bicyclic) bond motifs is 3.